The predicted octanol–water partition coefficient (Wildman–Crippen LogP) is 4.30. The molecule has 2 aromatic rings. The quantitative estimate of drug-likeness (QED) is 0.628. The van der Waals surface area contributed by atoms with E-state index in [-0.39, 0.29) is 17.0 Å². The minimum Gasteiger partial charge on any atom is -0.504 e. The summed E-state index contributed by atoms with van der Waals surface area (Å²) in [5.74, 6) is -0.215. The molecule has 0 bridgehead atoms. The summed E-state index contributed by atoms with van der Waals surface area (Å²) >= 11 is 3.49. The third-order valence-electron chi connectivity index (χ3n) is 3.13. The molecular weight excluding hydrogens is 370 g/mol. The second-order valence-electron chi connectivity index (χ2n) is 6.28. The third-order valence-corrected chi connectivity index (χ3v) is 3.98. The molecule has 0 saturated heterocycles. The monoisotopic (exact) mass is 387 g/mol. The van der Waals surface area contributed by atoms with Crippen LogP contribution in [0.3, 0.4) is 0 Å². The number of aromatic nitrogens is 1. The number of aryl methyl sites for hydroxylation is 1. The van der Waals surface area contributed by atoms with Crippen molar-refractivity contribution < 1.29 is 9.94 Å². The molecule has 0 aliphatic rings. The molecule has 0 fully saturated rings. The highest BCUT2D eigenvalue weighted by molar-refractivity contribution is 9.10. The highest BCUT2D eigenvalue weighted by atomic mass is 79.9. The maximum absolute atomic E-state index is 10.3. The minimum atomic E-state index is -0.504. The molecule has 1 aromatic carbocycles. The van der Waals surface area contributed by atoms with E-state index in [1.54, 1.807) is 0 Å². The zero-order valence-electron chi connectivity index (χ0n) is 14.0. The molecule has 2 rings (SSSR count). The number of oxime groups is 1. The molecule has 124 valence electrons. The maximum atomic E-state index is 10.3. The Bertz CT molecular complexity index is 833. The second kappa shape index (κ2) is 7.02. The fourth-order valence-corrected chi connectivity index (χ4v) is 2.25. The molecule has 24 heavy (non-hydrogen) atoms. The topological polar surface area (TPSA) is 78.5 Å². The van der Waals surface area contributed by atoms with Gasteiger partial charge in [0.05, 0.1) is 5.56 Å². The van der Waals surface area contributed by atoms with Crippen molar-refractivity contribution in [1.29, 1.82) is 5.26 Å². The van der Waals surface area contributed by atoms with E-state index in [0.717, 1.165) is 15.6 Å². The zero-order chi connectivity index (χ0) is 17.9. The summed E-state index contributed by atoms with van der Waals surface area (Å²) in [5.41, 5.74) is 1.98. The summed E-state index contributed by atoms with van der Waals surface area (Å²) in [6, 6.07) is 9.06. The molecule has 1 aromatic heterocycles. The summed E-state index contributed by atoms with van der Waals surface area (Å²) in [7, 11) is 0. The van der Waals surface area contributed by atoms with Crippen LogP contribution in [0.4, 0.5) is 0 Å². The van der Waals surface area contributed by atoms with Gasteiger partial charge in [-0.2, -0.15) is 5.26 Å². The largest absolute Gasteiger partial charge is 0.504 e. The lowest BCUT2D eigenvalue weighted by molar-refractivity contribution is 0.00111. The van der Waals surface area contributed by atoms with E-state index in [1.807, 2.05) is 52.0 Å². The van der Waals surface area contributed by atoms with Gasteiger partial charge < -0.3 is 9.94 Å². The van der Waals surface area contributed by atoms with Crippen molar-refractivity contribution in [2.45, 2.75) is 33.3 Å². The van der Waals surface area contributed by atoms with Crippen molar-refractivity contribution in [3.8, 4) is 11.8 Å². The van der Waals surface area contributed by atoms with Crippen LogP contribution in [-0.2, 0) is 4.84 Å². The summed E-state index contributed by atoms with van der Waals surface area (Å²) in [5, 5.41) is 23.7. The van der Waals surface area contributed by atoms with Crippen molar-refractivity contribution >= 4 is 21.6 Å². The van der Waals surface area contributed by atoms with Crippen molar-refractivity contribution in [1.82, 2.24) is 4.98 Å². The number of benzene rings is 1. The van der Waals surface area contributed by atoms with Crippen LogP contribution in [0.2, 0.25) is 0 Å². The first-order chi connectivity index (χ1) is 11.2. The molecule has 0 unspecified atom stereocenters. The molecule has 0 spiro atoms. The molecule has 0 amide bonds. The van der Waals surface area contributed by atoms with Gasteiger partial charge >= 0.3 is 0 Å². The number of nitriles is 1. The number of halogens is 1. The fourth-order valence-electron chi connectivity index (χ4n) is 1.87. The fraction of sp³-hybridized carbons (Fsp3) is 0.278. The zero-order valence-corrected chi connectivity index (χ0v) is 15.5. The molecule has 1 N–H and O–H groups in total. The molecular formula is C18H18BrN3O2. The maximum Gasteiger partial charge on any atom is 0.161 e. The Kier molecular flexibility index (Phi) is 5.25. The Hall–Kier alpha value is -2.39. The van der Waals surface area contributed by atoms with Crippen LogP contribution in [-0.4, -0.2) is 21.4 Å². The van der Waals surface area contributed by atoms with Crippen LogP contribution in [0.15, 0.2) is 40.1 Å². The first-order valence-corrected chi connectivity index (χ1v) is 8.13. The molecule has 0 radical (unpaired) electrons. The van der Waals surface area contributed by atoms with Gasteiger partial charge in [-0.05, 0) is 45.4 Å². The van der Waals surface area contributed by atoms with E-state index in [2.05, 4.69) is 26.1 Å². The van der Waals surface area contributed by atoms with Crippen LogP contribution in [0.25, 0.3) is 0 Å². The minimum absolute atomic E-state index is 0.134. The predicted molar refractivity (Wildman–Crippen MR) is 96.0 cm³/mol. The van der Waals surface area contributed by atoms with Crippen molar-refractivity contribution in [2.75, 3.05) is 0 Å². The summed E-state index contributed by atoms with van der Waals surface area (Å²) in [4.78, 5) is 9.73. The van der Waals surface area contributed by atoms with Crippen LogP contribution in [0.5, 0.6) is 5.75 Å². The average molecular weight is 388 g/mol. The molecule has 1 heterocycles. The number of hydrogen-bond donors (Lipinski definition) is 1. The van der Waals surface area contributed by atoms with Gasteiger partial charge in [-0.3, -0.25) is 4.98 Å². The molecule has 0 aliphatic heterocycles. The Labute approximate surface area is 149 Å². The van der Waals surface area contributed by atoms with Crippen molar-refractivity contribution in [3.63, 3.8) is 0 Å². The van der Waals surface area contributed by atoms with Gasteiger partial charge in [-0.25, -0.2) is 0 Å². The normalized spacial score (nSPS) is 11.9. The first kappa shape index (κ1) is 18.0. The van der Waals surface area contributed by atoms with E-state index in [1.165, 1.54) is 12.3 Å². The number of aromatic hydroxyl groups is 1. The third kappa shape index (κ3) is 4.12. The first-order valence-electron chi connectivity index (χ1n) is 7.34. The molecule has 5 nitrogen and oxygen atoms in total. The summed E-state index contributed by atoms with van der Waals surface area (Å²) < 4.78 is 0.902. The highest BCUT2D eigenvalue weighted by Gasteiger charge is 2.19. The molecule has 0 aliphatic carbocycles. The van der Waals surface area contributed by atoms with Gasteiger partial charge in [0.2, 0.25) is 0 Å². The lowest BCUT2D eigenvalue weighted by Gasteiger charge is -2.17. The SMILES string of the molecule is Cc1ccc(/C(=N/OC(C)(C)C)c2nccc(C#N)c2O)cc1Br. The molecule has 0 saturated carbocycles. The van der Waals surface area contributed by atoms with Crippen molar-refractivity contribution in [2.24, 2.45) is 5.16 Å². The summed E-state index contributed by atoms with van der Waals surface area (Å²) in [6.07, 6.45) is 1.46. The van der Waals surface area contributed by atoms with Gasteiger partial charge in [-0.15, -0.1) is 0 Å². The van der Waals surface area contributed by atoms with E-state index in [0.29, 0.717) is 5.71 Å². The van der Waals surface area contributed by atoms with E-state index in [9.17, 15) is 5.11 Å². The van der Waals surface area contributed by atoms with E-state index in [4.69, 9.17) is 10.1 Å². The lowest BCUT2D eigenvalue weighted by Crippen LogP contribution is -2.18. The number of rotatable bonds is 3. The van der Waals surface area contributed by atoms with Gasteiger partial charge in [0.1, 0.15) is 23.1 Å². The average Bonchev–Trinajstić information content (AvgIpc) is 2.51. The van der Waals surface area contributed by atoms with E-state index >= 15 is 0 Å². The van der Waals surface area contributed by atoms with Gasteiger partial charge in [0, 0.05) is 16.2 Å². The Morgan fingerprint density at radius 2 is 2.04 bits per heavy atom. The lowest BCUT2D eigenvalue weighted by atomic mass is 10.0. The molecule has 0 atom stereocenters. The van der Waals surface area contributed by atoms with Gasteiger partial charge in [0.15, 0.2) is 5.75 Å². The Morgan fingerprint density at radius 1 is 1.33 bits per heavy atom. The van der Waals surface area contributed by atoms with Crippen molar-refractivity contribution in [3.05, 3.63) is 57.3 Å². The smallest absolute Gasteiger partial charge is 0.161 e. The highest BCUT2D eigenvalue weighted by Crippen LogP contribution is 2.26. The number of hydrogen-bond acceptors (Lipinski definition) is 5. The Morgan fingerprint density at radius 3 is 2.62 bits per heavy atom. The van der Waals surface area contributed by atoms with Crippen LogP contribution >= 0.6 is 15.9 Å². The van der Waals surface area contributed by atoms with Crippen LogP contribution < -0.4 is 0 Å². The number of pyridine rings is 1. The van der Waals surface area contributed by atoms with Crippen LogP contribution in [0.1, 0.15) is 43.2 Å². The van der Waals surface area contributed by atoms with Crippen LogP contribution in [0, 0.1) is 18.3 Å². The summed E-state index contributed by atoms with van der Waals surface area (Å²) in [6.45, 7) is 7.59. The van der Waals surface area contributed by atoms with Gasteiger partial charge in [0.25, 0.3) is 0 Å². The molecule has 6 heteroatoms. The second-order valence-corrected chi connectivity index (χ2v) is 7.13. The van der Waals surface area contributed by atoms with E-state index < -0.39 is 5.60 Å². The van der Waals surface area contributed by atoms with Gasteiger partial charge in [-0.1, -0.05) is 33.2 Å². The Balaban J connectivity index is 2.64. The standard InChI is InChI=1S/C18H18BrN3O2/c1-11-5-6-12(9-14(11)19)15(22-24-18(2,3)4)16-17(23)13(10-20)7-8-21-16/h5-9,23H,1-4H3/b22-15-. The number of nitrogens with zero attached hydrogens (tertiary/aromatic N) is 3.